The van der Waals surface area contributed by atoms with Gasteiger partial charge in [0.2, 0.25) is 29.7 Å². The lowest BCUT2D eigenvalue weighted by molar-refractivity contribution is 0.0682. The molecule has 29 heteroatoms. The first kappa shape index (κ1) is 101. The summed E-state index contributed by atoms with van der Waals surface area (Å²) < 4.78 is 75.7. The first-order valence-electron chi connectivity index (χ1n) is 47.9. The molecule has 2 saturated heterocycles. The molecular weight excluding hydrogens is 1770 g/mol. The Balaban J connectivity index is 0.000000168. The number of aromatic nitrogens is 10. The van der Waals surface area contributed by atoms with Gasteiger partial charge in [-0.25, -0.2) is 62.4 Å². The second-order valence-corrected chi connectivity index (χ2v) is 35.9. The molecule has 17 rings (SSSR count). The second kappa shape index (κ2) is 47.9. The number of carbonyl (C=O) groups excluding carboxylic acids is 4. The topological polar surface area (TPSA) is 262 Å². The summed E-state index contributed by atoms with van der Waals surface area (Å²) in [5, 5.41) is 3.04. The molecule has 3 aliphatic rings. The molecule has 9 aromatic carbocycles. The Morgan fingerprint density at radius 2 is 0.936 bits per heavy atom. The number of hydrogen-bond acceptors (Lipinski definition) is 20. The number of imidazole rings is 1. The van der Waals surface area contributed by atoms with Crippen molar-refractivity contribution in [3.05, 3.63) is 311 Å². The van der Waals surface area contributed by atoms with Gasteiger partial charge in [0.1, 0.15) is 34.8 Å². The van der Waals surface area contributed by atoms with Gasteiger partial charge >= 0.3 is 0 Å². The molecule has 4 amide bonds. The molecule has 0 bridgehead atoms. The summed E-state index contributed by atoms with van der Waals surface area (Å²) in [6, 6.07) is 67.0. The van der Waals surface area contributed by atoms with E-state index in [-0.39, 0.29) is 90.2 Å². The summed E-state index contributed by atoms with van der Waals surface area (Å²) in [6.07, 6.45) is 14.2. The molecule has 2 N–H and O–H groups in total. The number of halogens is 4. The lowest BCUT2D eigenvalue weighted by atomic mass is 9.75. The third-order valence-corrected chi connectivity index (χ3v) is 25.2. The van der Waals surface area contributed by atoms with Gasteiger partial charge in [-0.1, -0.05) is 147 Å². The van der Waals surface area contributed by atoms with Gasteiger partial charge < -0.3 is 53.5 Å². The van der Waals surface area contributed by atoms with Crippen LogP contribution in [0.4, 0.5) is 58.7 Å². The minimum atomic E-state index is -0.473. The van der Waals surface area contributed by atoms with Crippen molar-refractivity contribution in [1.82, 2.24) is 59.6 Å². The quantitative estimate of drug-likeness (QED) is 0.0413. The van der Waals surface area contributed by atoms with Gasteiger partial charge in [0.15, 0.2) is 0 Å². The molecule has 2 unspecified atom stereocenters. The maximum Gasteiger partial charge on any atom is 0.262 e. The van der Waals surface area contributed by atoms with Crippen molar-refractivity contribution < 1.29 is 53.8 Å². The van der Waals surface area contributed by atoms with Crippen LogP contribution in [0.3, 0.4) is 0 Å². The average molecular weight is 1900 g/mol. The van der Waals surface area contributed by atoms with Gasteiger partial charge in [-0.3, -0.25) is 24.5 Å². The zero-order valence-corrected chi connectivity index (χ0v) is 81.7. The number of benzene rings is 9. The van der Waals surface area contributed by atoms with Crippen molar-refractivity contribution in [2.45, 2.75) is 158 Å². The Morgan fingerprint density at radius 3 is 1.51 bits per heavy atom. The van der Waals surface area contributed by atoms with E-state index in [0.717, 1.165) is 79.2 Å². The van der Waals surface area contributed by atoms with Crippen LogP contribution < -0.4 is 39.3 Å². The van der Waals surface area contributed by atoms with Crippen molar-refractivity contribution in [2.24, 2.45) is 11.8 Å². The van der Waals surface area contributed by atoms with Crippen LogP contribution in [-0.2, 0) is 17.8 Å². The number of carbonyl (C=O) groups is 4. The average Bonchev–Trinajstić information content (AvgIpc) is 1.04. The van der Waals surface area contributed by atoms with Crippen LogP contribution in [0.5, 0.6) is 11.5 Å². The molecule has 0 radical (unpaired) electrons. The standard InChI is InChI=1S/C29H33FN4O.C28H25FN6O.C27H33FN4O3.C27H31FN4O2.2H2/c1-20(2)34(23-12-4-3-5-13-23)28(35)25-18-31-29(32-27(25)24-14-8-9-15-26(24)30)33-17-16-21-10-6-7-11-22(21)19-33;1-18(2)35(17-19-10-4-3-5-11-19)26(36)21-16-30-27(33-25(21)20-12-6-7-13-22(20)29)34-28-31-23-14-8-9-15-24(23)32-28;1-6-31(14-15-34-4)27-29-17-23(25(30-27)22-12-7-8-13-24(22)28)26(33)32(19(2)3)18-20-10-9-11-21(16-20)35-5;1-18(2)32(20-11-10-12-21(17-20)34-4)26(33)24-19(3)29-27(31-15-8-5-9-16-31)30-25(24)22-13-6-7-14-23(22)28;;/h3-5,8-9,12-15,18,20-22H,6-7,10-11,16-17,19H2,1-2H3;3-16,18H,17H2,1-2H3,(H2,30,31,32,33,34);7-13,16-17,19H,6,14-15,18H2,1-5H3;6-7,10-14,17-18H,5,8-9,15-16H2,1-4H3;2*1H. The molecule has 1 saturated carbocycles. The normalized spacial score (nSPS) is 13.9. The van der Waals surface area contributed by atoms with Crippen LogP contribution in [0.25, 0.3) is 56.1 Å². The molecule has 1 aliphatic carbocycles. The Morgan fingerprint density at radius 1 is 0.450 bits per heavy atom. The van der Waals surface area contributed by atoms with Gasteiger partial charge in [-0.15, -0.1) is 0 Å². The van der Waals surface area contributed by atoms with Gasteiger partial charge in [-0.05, 0) is 221 Å². The van der Waals surface area contributed by atoms with Crippen LogP contribution >= 0.6 is 0 Å². The smallest absolute Gasteiger partial charge is 0.262 e. The number of nitrogens with one attached hydrogen (secondary N) is 2. The van der Waals surface area contributed by atoms with E-state index in [2.05, 4.69) is 50.0 Å². The molecule has 5 aromatic heterocycles. The zero-order valence-electron chi connectivity index (χ0n) is 81.7. The summed E-state index contributed by atoms with van der Waals surface area (Å²) in [5.74, 6) is 2.22. The number of hydrogen-bond donors (Lipinski definition) is 2. The molecule has 14 aromatic rings. The highest BCUT2D eigenvalue weighted by Crippen LogP contribution is 2.41. The zero-order chi connectivity index (χ0) is 99.0. The lowest BCUT2D eigenvalue weighted by Crippen LogP contribution is -2.42. The highest BCUT2D eigenvalue weighted by Gasteiger charge is 2.37. The van der Waals surface area contributed by atoms with Gasteiger partial charge in [0.25, 0.3) is 23.6 Å². The number of fused-ring (bicyclic) bond motifs is 2. The van der Waals surface area contributed by atoms with Gasteiger partial charge in [0.05, 0.1) is 82.6 Å². The molecule has 730 valence electrons. The van der Waals surface area contributed by atoms with Crippen molar-refractivity contribution in [3.63, 3.8) is 0 Å². The third kappa shape index (κ3) is 24.6. The molecule has 140 heavy (non-hydrogen) atoms. The predicted molar refractivity (Wildman–Crippen MR) is 549 cm³/mol. The van der Waals surface area contributed by atoms with E-state index in [1.165, 1.54) is 68.8 Å². The molecule has 25 nitrogen and oxygen atoms in total. The summed E-state index contributed by atoms with van der Waals surface area (Å²) >= 11 is 0. The minimum absolute atomic E-state index is 0. The van der Waals surface area contributed by atoms with Crippen molar-refractivity contribution >= 4 is 75.8 Å². The largest absolute Gasteiger partial charge is 0.497 e. The number of likely N-dealkylation sites (N-methyl/N-ethyl adjacent to an activating group) is 1. The number of para-hydroxylation sites is 3. The Kier molecular flexibility index (Phi) is 34.6. The SMILES string of the molecule is CC(C)N(C(=O)c1cnc(N2CCC3CCCCC3C2)nc1-c1ccccc1F)c1ccccc1.CC(C)N(Cc1ccccc1)C(=O)c1cnc(Nc2nc3ccccc3[nH]2)nc1-c1ccccc1F.CCN(CCOC)c1ncc(C(=O)N(Cc2cccc(OC)c2)C(C)C)c(-c2ccccc2F)n1.COc1cccc(N(C(=O)c2c(C)nc(N3CCCCC3)nc2-c2ccccc2F)C(C)C)c1.[HH].[HH]. The summed E-state index contributed by atoms with van der Waals surface area (Å²) in [7, 11) is 4.83. The van der Waals surface area contributed by atoms with E-state index in [1.807, 2.05) is 201 Å². The van der Waals surface area contributed by atoms with Crippen LogP contribution in [0, 0.1) is 42.0 Å². The molecule has 3 fully saturated rings. The summed E-state index contributed by atoms with van der Waals surface area (Å²) in [5.41, 5.74) is 8.92. The van der Waals surface area contributed by atoms with Crippen LogP contribution in [0.15, 0.2) is 249 Å². The third-order valence-electron chi connectivity index (χ3n) is 25.2. The van der Waals surface area contributed by atoms with Gasteiger partial charge in [-0.2, -0.15) is 0 Å². The number of rotatable bonds is 29. The van der Waals surface area contributed by atoms with E-state index in [1.54, 1.807) is 127 Å². The first-order valence-corrected chi connectivity index (χ1v) is 47.9. The maximum absolute atomic E-state index is 15.0. The second-order valence-electron chi connectivity index (χ2n) is 35.9. The predicted octanol–water partition coefficient (Wildman–Crippen LogP) is 23.3. The van der Waals surface area contributed by atoms with Crippen molar-refractivity contribution in [2.75, 3.05) is 97.0 Å². The van der Waals surface area contributed by atoms with Crippen molar-refractivity contribution in [1.29, 1.82) is 0 Å². The van der Waals surface area contributed by atoms with Crippen LogP contribution in [0.2, 0.25) is 0 Å². The highest BCUT2D eigenvalue weighted by molar-refractivity contribution is 6.12. The van der Waals surface area contributed by atoms with E-state index >= 15 is 0 Å². The number of H-pyrrole nitrogens is 1. The number of nitrogens with zero attached hydrogens (tertiary/aromatic N) is 16. The van der Waals surface area contributed by atoms with E-state index in [0.29, 0.717) is 119 Å². The van der Waals surface area contributed by atoms with E-state index in [4.69, 9.17) is 29.2 Å². The van der Waals surface area contributed by atoms with Gasteiger partial charge in [0, 0.05) is 145 Å². The number of anilines is 7. The minimum Gasteiger partial charge on any atom is -0.497 e. The molecule has 0 spiro atoms. The fourth-order valence-corrected chi connectivity index (χ4v) is 17.9. The highest BCUT2D eigenvalue weighted by atomic mass is 19.1. The number of aryl methyl sites for hydroxylation is 1. The Bertz CT molecular complexity index is 6550. The molecule has 2 aliphatic heterocycles. The maximum atomic E-state index is 15.0. The molecule has 2 atom stereocenters. The molecular formula is C111H126F4N18O7. The summed E-state index contributed by atoms with van der Waals surface area (Å²) in [4.78, 5) is 113. The van der Waals surface area contributed by atoms with Crippen LogP contribution in [-0.4, -0.2) is 175 Å². The number of amides is 4. The lowest BCUT2D eigenvalue weighted by Gasteiger charge is -2.41. The Hall–Kier alpha value is -14.9. The fourth-order valence-electron chi connectivity index (χ4n) is 17.9. The monoisotopic (exact) mass is 1900 g/mol. The summed E-state index contributed by atoms with van der Waals surface area (Å²) in [6.45, 7) is 25.4. The number of ether oxygens (including phenoxy) is 3. The van der Waals surface area contributed by atoms with Crippen molar-refractivity contribution in [3.8, 4) is 56.5 Å². The number of methoxy groups -OCH3 is 3. The Labute approximate surface area is 819 Å². The number of aromatic amines is 1. The van der Waals surface area contributed by atoms with E-state index in [9.17, 15) is 36.7 Å². The number of piperidine rings is 2. The van der Waals surface area contributed by atoms with E-state index < -0.39 is 23.3 Å². The molecule has 7 heterocycles. The first-order chi connectivity index (χ1) is 67.8. The van der Waals surface area contributed by atoms with Crippen LogP contribution in [0.1, 0.15) is 175 Å². The fraction of sp³-hybridized carbons (Fsp3) is 0.324.